The number of rotatable bonds is 4. The van der Waals surface area contributed by atoms with Crippen molar-refractivity contribution in [1.29, 1.82) is 0 Å². The fourth-order valence-electron chi connectivity index (χ4n) is 2.37. The topological polar surface area (TPSA) is 35.6 Å². The molecule has 0 aromatic heterocycles. The van der Waals surface area contributed by atoms with Gasteiger partial charge in [0.25, 0.3) is 0 Å². The summed E-state index contributed by atoms with van der Waals surface area (Å²) in [7, 11) is 0. The van der Waals surface area contributed by atoms with Gasteiger partial charge < -0.3 is 10.2 Å². The van der Waals surface area contributed by atoms with E-state index in [9.17, 15) is 4.79 Å². The molecule has 0 aromatic rings. The molecule has 0 bridgehead atoms. The van der Waals surface area contributed by atoms with Crippen LogP contribution in [0.4, 0.5) is 0 Å². The molecule has 1 aliphatic heterocycles. The van der Waals surface area contributed by atoms with E-state index in [0.717, 1.165) is 26.2 Å². The minimum Gasteiger partial charge on any atom is -0.339 e. The number of hydrogen-bond donors (Lipinski definition) is 1. The van der Waals surface area contributed by atoms with E-state index in [0.29, 0.717) is 24.5 Å². The summed E-state index contributed by atoms with van der Waals surface area (Å²) in [4.78, 5) is 16.4. The maximum atomic E-state index is 12.1. The van der Waals surface area contributed by atoms with E-state index < -0.39 is 0 Å². The predicted octanol–water partition coefficient (Wildman–Crippen LogP) is 0.291. The summed E-state index contributed by atoms with van der Waals surface area (Å²) in [5, 5.41) is 3.36. The first kappa shape index (κ1) is 11.9. The van der Waals surface area contributed by atoms with Crippen molar-refractivity contribution in [1.82, 2.24) is 15.1 Å². The summed E-state index contributed by atoms with van der Waals surface area (Å²) >= 11 is 0. The SMILES string of the molecule is CCN(CC(=O)N1CCN[C@H](C)C1)C1CC1. The van der Waals surface area contributed by atoms with Gasteiger partial charge in [-0.2, -0.15) is 0 Å². The number of hydrogen-bond acceptors (Lipinski definition) is 3. The Hall–Kier alpha value is -0.610. The van der Waals surface area contributed by atoms with Crippen molar-refractivity contribution in [3.05, 3.63) is 0 Å². The first-order valence-electron chi connectivity index (χ1n) is 6.46. The molecule has 2 fully saturated rings. The van der Waals surface area contributed by atoms with Crippen LogP contribution in [0.15, 0.2) is 0 Å². The van der Waals surface area contributed by atoms with Crippen LogP contribution in [0.5, 0.6) is 0 Å². The Labute approximate surface area is 98.0 Å². The zero-order chi connectivity index (χ0) is 11.5. The van der Waals surface area contributed by atoms with Gasteiger partial charge in [0.15, 0.2) is 0 Å². The summed E-state index contributed by atoms with van der Waals surface area (Å²) in [5.41, 5.74) is 0. The minimum absolute atomic E-state index is 0.308. The first-order chi connectivity index (χ1) is 7.70. The largest absolute Gasteiger partial charge is 0.339 e. The van der Waals surface area contributed by atoms with Crippen molar-refractivity contribution in [3.63, 3.8) is 0 Å². The van der Waals surface area contributed by atoms with Crippen LogP contribution in [0.25, 0.3) is 0 Å². The molecule has 1 N–H and O–H groups in total. The molecule has 1 atom stereocenters. The normalized spacial score (nSPS) is 26.2. The number of nitrogens with one attached hydrogen (secondary N) is 1. The molecular weight excluding hydrogens is 202 g/mol. The highest BCUT2D eigenvalue weighted by molar-refractivity contribution is 5.78. The second-order valence-electron chi connectivity index (χ2n) is 4.99. The molecule has 4 nitrogen and oxygen atoms in total. The van der Waals surface area contributed by atoms with Gasteiger partial charge >= 0.3 is 0 Å². The number of carbonyl (C=O) groups is 1. The van der Waals surface area contributed by atoms with Gasteiger partial charge in [0.2, 0.25) is 5.91 Å². The van der Waals surface area contributed by atoms with Crippen molar-refractivity contribution in [2.24, 2.45) is 0 Å². The van der Waals surface area contributed by atoms with Gasteiger partial charge in [0.05, 0.1) is 6.54 Å². The zero-order valence-electron chi connectivity index (χ0n) is 10.4. The van der Waals surface area contributed by atoms with Gasteiger partial charge in [-0.1, -0.05) is 6.92 Å². The lowest BCUT2D eigenvalue weighted by Gasteiger charge is -2.33. The Kier molecular flexibility index (Phi) is 3.82. The van der Waals surface area contributed by atoms with Crippen molar-refractivity contribution in [3.8, 4) is 0 Å². The van der Waals surface area contributed by atoms with E-state index in [4.69, 9.17) is 0 Å². The molecule has 0 spiro atoms. The fourth-order valence-corrected chi connectivity index (χ4v) is 2.37. The zero-order valence-corrected chi connectivity index (χ0v) is 10.4. The Morgan fingerprint density at radius 2 is 2.25 bits per heavy atom. The molecule has 92 valence electrons. The molecule has 4 heteroatoms. The summed E-state index contributed by atoms with van der Waals surface area (Å²) in [6.07, 6.45) is 2.55. The maximum absolute atomic E-state index is 12.1. The van der Waals surface area contributed by atoms with E-state index >= 15 is 0 Å². The third-order valence-corrected chi connectivity index (χ3v) is 3.53. The van der Waals surface area contributed by atoms with Gasteiger partial charge in [-0.3, -0.25) is 9.69 Å². The molecule has 1 aliphatic carbocycles. The molecule has 2 aliphatic rings. The van der Waals surface area contributed by atoms with Crippen LogP contribution in [-0.2, 0) is 4.79 Å². The molecule has 1 saturated heterocycles. The van der Waals surface area contributed by atoms with Crippen LogP contribution in [-0.4, -0.2) is 60.5 Å². The summed E-state index contributed by atoms with van der Waals surface area (Å²) in [6, 6.07) is 1.13. The molecule has 0 unspecified atom stereocenters. The minimum atomic E-state index is 0.308. The number of nitrogens with zero attached hydrogens (tertiary/aromatic N) is 2. The van der Waals surface area contributed by atoms with Crippen LogP contribution in [0.3, 0.4) is 0 Å². The van der Waals surface area contributed by atoms with Crippen LogP contribution in [0.1, 0.15) is 26.7 Å². The Morgan fingerprint density at radius 1 is 1.50 bits per heavy atom. The number of piperazine rings is 1. The highest BCUT2D eigenvalue weighted by atomic mass is 16.2. The van der Waals surface area contributed by atoms with E-state index in [-0.39, 0.29) is 0 Å². The molecule has 0 aromatic carbocycles. The third kappa shape index (κ3) is 2.95. The van der Waals surface area contributed by atoms with Crippen molar-refractivity contribution >= 4 is 5.91 Å². The predicted molar refractivity (Wildman–Crippen MR) is 64.3 cm³/mol. The standard InChI is InChI=1S/C12H23N3O/c1-3-14(11-4-5-11)9-12(16)15-7-6-13-10(2)8-15/h10-11,13H,3-9H2,1-2H3/t10-/m1/s1. The third-order valence-electron chi connectivity index (χ3n) is 3.53. The summed E-state index contributed by atoms with van der Waals surface area (Å²) in [5.74, 6) is 0.308. The van der Waals surface area contributed by atoms with E-state index in [1.807, 2.05) is 4.90 Å². The average Bonchev–Trinajstić information content (AvgIpc) is 3.09. The average molecular weight is 225 g/mol. The number of carbonyl (C=O) groups excluding carboxylic acids is 1. The van der Waals surface area contributed by atoms with E-state index in [2.05, 4.69) is 24.1 Å². The van der Waals surface area contributed by atoms with Gasteiger partial charge in [-0.15, -0.1) is 0 Å². The van der Waals surface area contributed by atoms with Gasteiger partial charge in [0.1, 0.15) is 0 Å². The molecule has 1 saturated carbocycles. The smallest absolute Gasteiger partial charge is 0.236 e. The highest BCUT2D eigenvalue weighted by Gasteiger charge is 2.30. The quantitative estimate of drug-likeness (QED) is 0.747. The van der Waals surface area contributed by atoms with Crippen molar-refractivity contribution in [2.45, 2.75) is 38.8 Å². The lowest BCUT2D eigenvalue weighted by Crippen LogP contribution is -2.53. The van der Waals surface area contributed by atoms with Crippen LogP contribution in [0, 0.1) is 0 Å². The molecule has 0 radical (unpaired) electrons. The second kappa shape index (κ2) is 5.15. The molecule has 1 heterocycles. The number of likely N-dealkylation sites (N-methyl/N-ethyl adjacent to an activating group) is 1. The molecule has 2 rings (SSSR count). The van der Waals surface area contributed by atoms with E-state index in [1.165, 1.54) is 12.8 Å². The van der Waals surface area contributed by atoms with E-state index in [1.54, 1.807) is 0 Å². The lowest BCUT2D eigenvalue weighted by molar-refractivity contribution is -0.133. The highest BCUT2D eigenvalue weighted by Crippen LogP contribution is 2.26. The van der Waals surface area contributed by atoms with Crippen LogP contribution in [0.2, 0.25) is 0 Å². The molecular formula is C12H23N3O. The Morgan fingerprint density at radius 3 is 2.81 bits per heavy atom. The molecule has 1 amide bonds. The van der Waals surface area contributed by atoms with Gasteiger partial charge in [0, 0.05) is 31.7 Å². The first-order valence-corrected chi connectivity index (χ1v) is 6.46. The fraction of sp³-hybridized carbons (Fsp3) is 0.917. The van der Waals surface area contributed by atoms with Crippen molar-refractivity contribution in [2.75, 3.05) is 32.7 Å². The van der Waals surface area contributed by atoms with Crippen LogP contribution >= 0.6 is 0 Å². The monoisotopic (exact) mass is 225 g/mol. The second-order valence-corrected chi connectivity index (χ2v) is 4.99. The lowest BCUT2D eigenvalue weighted by atomic mass is 10.2. The Bertz CT molecular complexity index is 253. The summed E-state index contributed by atoms with van der Waals surface area (Å²) in [6.45, 7) is 8.56. The van der Waals surface area contributed by atoms with Crippen LogP contribution < -0.4 is 5.32 Å². The maximum Gasteiger partial charge on any atom is 0.236 e. The van der Waals surface area contributed by atoms with Crippen molar-refractivity contribution < 1.29 is 4.79 Å². The number of amides is 1. The van der Waals surface area contributed by atoms with Gasteiger partial charge in [-0.25, -0.2) is 0 Å². The Balaban J connectivity index is 1.81. The summed E-state index contributed by atoms with van der Waals surface area (Å²) < 4.78 is 0. The molecule has 16 heavy (non-hydrogen) atoms. The van der Waals surface area contributed by atoms with Gasteiger partial charge in [-0.05, 0) is 26.3 Å².